The molecule has 0 fully saturated rings. The molecular weight excluding hydrogens is 356 g/mol. The van der Waals surface area contributed by atoms with Crippen LogP contribution in [0.5, 0.6) is 0 Å². The number of aromatic nitrogens is 4. The van der Waals surface area contributed by atoms with Gasteiger partial charge in [0, 0.05) is 62.3 Å². The maximum Gasteiger partial charge on any atom is 0.247 e. The van der Waals surface area contributed by atoms with Crippen molar-refractivity contribution in [2.24, 2.45) is 7.05 Å². The van der Waals surface area contributed by atoms with Gasteiger partial charge in [-0.05, 0) is 42.6 Å². The minimum atomic E-state index is 0.737. The van der Waals surface area contributed by atoms with Gasteiger partial charge >= 0.3 is 0 Å². The zero-order valence-electron chi connectivity index (χ0n) is 15.7. The highest BCUT2D eigenvalue weighted by Crippen LogP contribution is 2.19. The van der Waals surface area contributed by atoms with Crippen LogP contribution in [0.25, 0.3) is 16.9 Å². The third-order valence-electron chi connectivity index (χ3n) is 4.77. The van der Waals surface area contributed by atoms with Gasteiger partial charge < -0.3 is 14.8 Å². The zero-order chi connectivity index (χ0) is 18.6. The van der Waals surface area contributed by atoms with E-state index in [1.807, 2.05) is 29.1 Å². The molecule has 0 atom stereocenters. The van der Waals surface area contributed by atoms with Crippen LogP contribution in [0.1, 0.15) is 12.1 Å². The minimum absolute atomic E-state index is 0.737. The van der Waals surface area contributed by atoms with E-state index < -0.39 is 0 Å². The fourth-order valence-electron chi connectivity index (χ4n) is 3.20. The molecule has 0 saturated heterocycles. The maximum absolute atomic E-state index is 4.61. The van der Waals surface area contributed by atoms with Crippen molar-refractivity contribution in [1.29, 1.82) is 0 Å². The Morgan fingerprint density at radius 1 is 1.15 bits per heavy atom. The van der Waals surface area contributed by atoms with Gasteiger partial charge in [-0.25, -0.2) is 0 Å². The summed E-state index contributed by atoms with van der Waals surface area (Å²) in [6.45, 7) is 2.79. The number of nitrogens with one attached hydrogen (secondary N) is 1. The average Bonchev–Trinajstić information content (AvgIpc) is 3.42. The lowest BCUT2D eigenvalue weighted by Crippen LogP contribution is -2.24. The second-order valence-corrected chi connectivity index (χ2v) is 7.40. The van der Waals surface area contributed by atoms with Crippen molar-refractivity contribution < 1.29 is 0 Å². The van der Waals surface area contributed by atoms with E-state index in [1.165, 1.54) is 28.1 Å². The molecule has 3 heterocycles. The topological polar surface area (TPSA) is 50.9 Å². The van der Waals surface area contributed by atoms with Crippen LogP contribution in [-0.4, -0.2) is 38.6 Å². The van der Waals surface area contributed by atoms with Crippen LogP contribution in [-0.2, 0) is 13.6 Å². The SMILES string of the molecule is CN(CCCNCc1cc2ccccc2n1C)c1nc(-n2cccc2)ns1. The van der Waals surface area contributed by atoms with Gasteiger partial charge in [-0.3, -0.25) is 4.57 Å². The molecule has 0 radical (unpaired) electrons. The van der Waals surface area contributed by atoms with Crippen molar-refractivity contribution in [2.75, 3.05) is 25.0 Å². The molecule has 1 aromatic carbocycles. The average molecular weight is 381 g/mol. The fourth-order valence-corrected chi connectivity index (χ4v) is 3.86. The zero-order valence-corrected chi connectivity index (χ0v) is 16.5. The quantitative estimate of drug-likeness (QED) is 0.476. The number of anilines is 1. The first-order chi connectivity index (χ1) is 13.2. The molecule has 1 N–H and O–H groups in total. The van der Waals surface area contributed by atoms with Gasteiger partial charge in [0.05, 0.1) is 0 Å². The first-order valence-corrected chi connectivity index (χ1v) is 9.92. The van der Waals surface area contributed by atoms with E-state index in [1.54, 1.807) is 0 Å². The first-order valence-electron chi connectivity index (χ1n) is 9.14. The Labute approximate surface area is 163 Å². The monoisotopic (exact) mass is 380 g/mol. The highest BCUT2D eigenvalue weighted by atomic mass is 32.1. The number of rotatable bonds is 8. The van der Waals surface area contributed by atoms with Gasteiger partial charge in [0.25, 0.3) is 0 Å². The van der Waals surface area contributed by atoms with Gasteiger partial charge in [0.2, 0.25) is 11.1 Å². The predicted octanol–water partition coefficient (Wildman–Crippen LogP) is 3.44. The largest absolute Gasteiger partial charge is 0.350 e. The molecule has 0 aliphatic carbocycles. The first kappa shape index (κ1) is 17.8. The molecule has 7 heteroatoms. The normalized spacial score (nSPS) is 11.3. The summed E-state index contributed by atoms with van der Waals surface area (Å²) >= 11 is 1.44. The fraction of sp³-hybridized carbons (Fsp3) is 0.300. The Hall–Kier alpha value is -2.64. The third-order valence-corrected chi connectivity index (χ3v) is 5.59. The summed E-state index contributed by atoms with van der Waals surface area (Å²) in [4.78, 5) is 6.78. The van der Waals surface area contributed by atoms with Crippen molar-refractivity contribution in [3.8, 4) is 5.95 Å². The van der Waals surface area contributed by atoms with Gasteiger partial charge in [-0.15, -0.1) is 0 Å². The highest BCUT2D eigenvalue weighted by Gasteiger charge is 2.09. The Balaban J connectivity index is 1.24. The molecule has 4 aromatic rings. The number of benzene rings is 1. The second-order valence-electron chi connectivity index (χ2n) is 6.67. The number of hydrogen-bond donors (Lipinski definition) is 1. The van der Waals surface area contributed by atoms with Gasteiger partial charge in [-0.2, -0.15) is 9.36 Å². The molecule has 3 aromatic heterocycles. The van der Waals surface area contributed by atoms with Crippen LogP contribution in [0, 0.1) is 0 Å². The Bertz CT molecular complexity index is 1000. The molecule has 0 spiro atoms. The molecule has 6 nitrogen and oxygen atoms in total. The van der Waals surface area contributed by atoms with E-state index >= 15 is 0 Å². The lowest BCUT2D eigenvalue weighted by atomic mass is 10.2. The van der Waals surface area contributed by atoms with Crippen molar-refractivity contribution in [3.05, 3.63) is 60.6 Å². The van der Waals surface area contributed by atoms with E-state index in [0.717, 1.165) is 37.1 Å². The Morgan fingerprint density at radius 3 is 2.78 bits per heavy atom. The minimum Gasteiger partial charge on any atom is -0.350 e. The summed E-state index contributed by atoms with van der Waals surface area (Å²) in [6, 6.07) is 14.7. The van der Waals surface area contributed by atoms with Gasteiger partial charge in [-0.1, -0.05) is 18.2 Å². The molecular formula is C20H24N6S. The Kier molecular flexibility index (Phi) is 5.22. The lowest BCUT2D eigenvalue weighted by molar-refractivity contribution is 0.626. The molecule has 0 bridgehead atoms. The lowest BCUT2D eigenvalue weighted by Gasteiger charge is -2.15. The number of fused-ring (bicyclic) bond motifs is 1. The van der Waals surface area contributed by atoms with Crippen molar-refractivity contribution in [1.82, 2.24) is 23.8 Å². The summed E-state index contributed by atoms with van der Waals surface area (Å²) in [6.07, 6.45) is 4.98. The standard InChI is InChI=1S/C20H24N6S/c1-24(20-22-19(23-27-20)26-12-5-6-13-26)11-7-10-21-15-17-14-16-8-3-4-9-18(16)25(17)2/h3-6,8-9,12-14,21H,7,10-11,15H2,1-2H3. The highest BCUT2D eigenvalue weighted by molar-refractivity contribution is 7.09. The third kappa shape index (κ3) is 3.89. The summed E-state index contributed by atoms with van der Waals surface area (Å²) in [5.74, 6) is 0.737. The molecule has 0 saturated carbocycles. The molecule has 0 aliphatic rings. The second kappa shape index (κ2) is 7.94. The number of aryl methyl sites for hydroxylation is 1. The van der Waals surface area contributed by atoms with Gasteiger partial charge in [0.1, 0.15) is 0 Å². The van der Waals surface area contributed by atoms with Crippen molar-refractivity contribution in [3.63, 3.8) is 0 Å². The van der Waals surface area contributed by atoms with E-state index in [2.05, 4.69) is 68.6 Å². The van der Waals surface area contributed by atoms with E-state index in [9.17, 15) is 0 Å². The summed E-state index contributed by atoms with van der Waals surface area (Å²) in [5, 5.41) is 5.80. The smallest absolute Gasteiger partial charge is 0.247 e. The molecule has 0 amide bonds. The van der Waals surface area contributed by atoms with Crippen LogP contribution in [0.3, 0.4) is 0 Å². The van der Waals surface area contributed by atoms with Crippen molar-refractivity contribution >= 4 is 27.6 Å². The number of nitrogens with zero attached hydrogens (tertiary/aromatic N) is 5. The summed E-state index contributed by atoms with van der Waals surface area (Å²) < 4.78 is 8.62. The molecule has 4 rings (SSSR count). The Morgan fingerprint density at radius 2 is 1.96 bits per heavy atom. The molecule has 0 unspecified atom stereocenters. The molecule has 140 valence electrons. The molecule has 0 aliphatic heterocycles. The van der Waals surface area contributed by atoms with Crippen LogP contribution >= 0.6 is 11.5 Å². The van der Waals surface area contributed by atoms with Crippen LogP contribution < -0.4 is 10.2 Å². The van der Waals surface area contributed by atoms with Crippen LogP contribution in [0.2, 0.25) is 0 Å². The van der Waals surface area contributed by atoms with Crippen LogP contribution in [0.15, 0.2) is 54.9 Å². The van der Waals surface area contributed by atoms with E-state index in [-0.39, 0.29) is 0 Å². The number of para-hydroxylation sites is 1. The van der Waals surface area contributed by atoms with Crippen LogP contribution in [0.4, 0.5) is 5.13 Å². The maximum atomic E-state index is 4.61. The van der Waals surface area contributed by atoms with E-state index in [4.69, 9.17) is 0 Å². The van der Waals surface area contributed by atoms with Gasteiger partial charge in [0.15, 0.2) is 0 Å². The van der Waals surface area contributed by atoms with E-state index in [0.29, 0.717) is 0 Å². The summed E-state index contributed by atoms with van der Waals surface area (Å²) in [7, 11) is 4.20. The predicted molar refractivity (Wildman–Crippen MR) is 112 cm³/mol. The summed E-state index contributed by atoms with van der Waals surface area (Å²) in [5.41, 5.74) is 2.59. The molecule has 27 heavy (non-hydrogen) atoms. The number of hydrogen-bond acceptors (Lipinski definition) is 5. The van der Waals surface area contributed by atoms with Crippen molar-refractivity contribution in [2.45, 2.75) is 13.0 Å².